The van der Waals surface area contributed by atoms with Gasteiger partial charge in [0.25, 0.3) is 11.7 Å². The van der Waals surface area contributed by atoms with Gasteiger partial charge in [0.1, 0.15) is 11.5 Å². The fraction of sp³-hybridized carbons (Fsp3) is 0.304. The summed E-state index contributed by atoms with van der Waals surface area (Å²) in [4.78, 5) is 29.0. The van der Waals surface area contributed by atoms with Crippen molar-refractivity contribution in [3.05, 3.63) is 65.2 Å². The van der Waals surface area contributed by atoms with E-state index in [1.54, 1.807) is 31.4 Å². The van der Waals surface area contributed by atoms with Crippen LogP contribution in [0.1, 0.15) is 23.6 Å². The van der Waals surface area contributed by atoms with E-state index in [4.69, 9.17) is 4.74 Å². The van der Waals surface area contributed by atoms with E-state index in [-0.39, 0.29) is 24.5 Å². The van der Waals surface area contributed by atoms with Crippen LogP contribution in [0.2, 0.25) is 0 Å². The molecular formula is C23H26N2O5. The Morgan fingerprint density at radius 1 is 1.07 bits per heavy atom. The van der Waals surface area contributed by atoms with Crippen molar-refractivity contribution in [3.63, 3.8) is 0 Å². The predicted molar refractivity (Wildman–Crippen MR) is 114 cm³/mol. The van der Waals surface area contributed by atoms with E-state index in [9.17, 15) is 19.8 Å². The number of benzene rings is 2. The molecule has 158 valence electrons. The topological polar surface area (TPSA) is 90.3 Å². The molecule has 0 aliphatic carbocycles. The lowest BCUT2D eigenvalue weighted by Gasteiger charge is -2.25. The molecule has 0 saturated carbocycles. The fourth-order valence-electron chi connectivity index (χ4n) is 3.56. The maximum Gasteiger partial charge on any atom is 0.295 e. The first-order valence-electron chi connectivity index (χ1n) is 9.70. The van der Waals surface area contributed by atoms with Crippen LogP contribution < -0.4 is 9.64 Å². The molecule has 30 heavy (non-hydrogen) atoms. The number of aliphatic hydroxyl groups excluding tert-OH is 2. The number of ketones is 1. The molecule has 7 heteroatoms. The number of carbonyl (C=O) groups is 2. The molecule has 1 aliphatic rings. The van der Waals surface area contributed by atoms with Crippen molar-refractivity contribution in [2.24, 2.45) is 0 Å². The Kier molecular flexibility index (Phi) is 6.42. The van der Waals surface area contributed by atoms with Crippen LogP contribution in [0, 0.1) is 0 Å². The van der Waals surface area contributed by atoms with E-state index in [1.807, 2.05) is 43.3 Å². The summed E-state index contributed by atoms with van der Waals surface area (Å²) in [6.45, 7) is 0.105. The summed E-state index contributed by atoms with van der Waals surface area (Å²) >= 11 is 0. The van der Waals surface area contributed by atoms with Crippen molar-refractivity contribution in [3.8, 4) is 5.75 Å². The van der Waals surface area contributed by atoms with E-state index < -0.39 is 17.7 Å². The van der Waals surface area contributed by atoms with E-state index in [0.29, 0.717) is 23.3 Å². The smallest absolute Gasteiger partial charge is 0.295 e. The summed E-state index contributed by atoms with van der Waals surface area (Å²) in [5.41, 5.74) is 2.15. The Hall–Kier alpha value is -3.32. The van der Waals surface area contributed by atoms with Crippen LogP contribution in [-0.4, -0.2) is 61.2 Å². The largest absolute Gasteiger partial charge is 0.507 e. The number of aliphatic hydroxyl groups is 2. The molecule has 1 aliphatic heterocycles. The zero-order valence-electron chi connectivity index (χ0n) is 17.3. The summed E-state index contributed by atoms with van der Waals surface area (Å²) < 4.78 is 5.14. The average molecular weight is 410 g/mol. The normalized spacial score (nSPS) is 18.0. The van der Waals surface area contributed by atoms with Crippen molar-refractivity contribution in [1.29, 1.82) is 0 Å². The molecule has 2 N–H and O–H groups in total. The lowest BCUT2D eigenvalue weighted by atomic mass is 9.95. The third kappa shape index (κ3) is 4.02. The number of hydrogen-bond donors (Lipinski definition) is 2. The van der Waals surface area contributed by atoms with Crippen LogP contribution in [0.15, 0.2) is 54.1 Å². The first-order valence-corrected chi connectivity index (χ1v) is 9.70. The molecular weight excluding hydrogens is 384 g/mol. The molecule has 1 fully saturated rings. The molecule has 3 rings (SSSR count). The molecule has 2 aromatic rings. The van der Waals surface area contributed by atoms with E-state index in [2.05, 4.69) is 0 Å². The van der Waals surface area contributed by atoms with Crippen molar-refractivity contribution in [2.45, 2.75) is 12.5 Å². The number of amides is 1. The SMILES string of the molecule is COc1ccc(C(O)=C2C(=O)C(=O)N(CCCO)[C@@H]2c2ccc(N(C)C)cc2)cc1. The van der Waals surface area contributed by atoms with Gasteiger partial charge in [0, 0.05) is 38.5 Å². The van der Waals surface area contributed by atoms with E-state index in [1.165, 1.54) is 4.90 Å². The fourth-order valence-corrected chi connectivity index (χ4v) is 3.56. The van der Waals surface area contributed by atoms with Gasteiger partial charge in [0.15, 0.2) is 0 Å². The van der Waals surface area contributed by atoms with Crippen LogP contribution in [0.5, 0.6) is 5.75 Å². The Balaban J connectivity index is 2.11. The second-order valence-corrected chi connectivity index (χ2v) is 7.28. The highest BCUT2D eigenvalue weighted by Crippen LogP contribution is 2.40. The third-order valence-corrected chi connectivity index (χ3v) is 5.19. The van der Waals surface area contributed by atoms with Gasteiger partial charge in [-0.15, -0.1) is 0 Å². The van der Waals surface area contributed by atoms with Gasteiger partial charge in [-0.2, -0.15) is 0 Å². The maximum absolute atomic E-state index is 12.9. The average Bonchev–Trinajstić information content (AvgIpc) is 3.02. The van der Waals surface area contributed by atoms with Gasteiger partial charge >= 0.3 is 0 Å². The molecule has 0 aromatic heterocycles. The molecule has 0 unspecified atom stereocenters. The summed E-state index contributed by atoms with van der Waals surface area (Å²) in [6, 6.07) is 13.4. The minimum absolute atomic E-state index is 0.0423. The van der Waals surface area contributed by atoms with Gasteiger partial charge in [-0.25, -0.2) is 0 Å². The summed E-state index contributed by atoms with van der Waals surface area (Å²) in [5.74, 6) is -1.03. The van der Waals surface area contributed by atoms with E-state index in [0.717, 1.165) is 5.69 Å². The van der Waals surface area contributed by atoms with Crippen LogP contribution in [-0.2, 0) is 9.59 Å². The van der Waals surface area contributed by atoms with Crippen molar-refractivity contribution < 1.29 is 24.5 Å². The minimum Gasteiger partial charge on any atom is -0.507 e. The van der Waals surface area contributed by atoms with Crippen LogP contribution in [0.3, 0.4) is 0 Å². The van der Waals surface area contributed by atoms with Crippen LogP contribution in [0.4, 0.5) is 5.69 Å². The summed E-state index contributed by atoms with van der Waals surface area (Å²) in [6.07, 6.45) is 0.335. The highest BCUT2D eigenvalue weighted by Gasteiger charge is 2.45. The number of rotatable bonds is 7. The predicted octanol–water partition coefficient (Wildman–Crippen LogP) is 2.57. The molecule has 2 aromatic carbocycles. The van der Waals surface area contributed by atoms with Gasteiger partial charge < -0.3 is 24.7 Å². The first-order chi connectivity index (χ1) is 14.4. The zero-order valence-corrected chi connectivity index (χ0v) is 17.3. The summed E-state index contributed by atoms with van der Waals surface area (Å²) in [5, 5.41) is 20.2. The molecule has 1 saturated heterocycles. The Morgan fingerprint density at radius 2 is 1.70 bits per heavy atom. The third-order valence-electron chi connectivity index (χ3n) is 5.19. The monoisotopic (exact) mass is 410 g/mol. The molecule has 1 atom stereocenters. The number of likely N-dealkylation sites (tertiary alicyclic amines) is 1. The second-order valence-electron chi connectivity index (χ2n) is 7.28. The Bertz CT molecular complexity index is 949. The number of methoxy groups -OCH3 is 1. The highest BCUT2D eigenvalue weighted by atomic mass is 16.5. The van der Waals surface area contributed by atoms with Gasteiger partial charge in [-0.1, -0.05) is 12.1 Å². The second kappa shape index (κ2) is 9.00. The first kappa shape index (κ1) is 21.4. The zero-order chi connectivity index (χ0) is 21.8. The quantitative estimate of drug-likeness (QED) is 0.414. The number of Topliss-reactive ketones (excluding diaryl/α,β-unsaturated/α-hetero) is 1. The number of nitrogens with zero attached hydrogens (tertiary/aromatic N) is 2. The Labute approximate surface area is 175 Å². The summed E-state index contributed by atoms with van der Waals surface area (Å²) in [7, 11) is 5.39. The molecule has 7 nitrogen and oxygen atoms in total. The lowest BCUT2D eigenvalue weighted by molar-refractivity contribution is -0.140. The van der Waals surface area contributed by atoms with Crippen molar-refractivity contribution >= 4 is 23.1 Å². The lowest BCUT2D eigenvalue weighted by Crippen LogP contribution is -2.31. The molecule has 0 radical (unpaired) electrons. The molecule has 1 amide bonds. The number of ether oxygens (including phenoxy) is 1. The number of carbonyl (C=O) groups excluding carboxylic acids is 2. The molecule has 0 spiro atoms. The van der Waals surface area contributed by atoms with Gasteiger partial charge in [0.05, 0.1) is 18.7 Å². The highest BCUT2D eigenvalue weighted by molar-refractivity contribution is 6.46. The van der Waals surface area contributed by atoms with Crippen LogP contribution in [0.25, 0.3) is 5.76 Å². The molecule has 1 heterocycles. The van der Waals surface area contributed by atoms with Crippen molar-refractivity contribution in [2.75, 3.05) is 39.3 Å². The Morgan fingerprint density at radius 3 is 2.23 bits per heavy atom. The number of anilines is 1. The number of hydrogen-bond acceptors (Lipinski definition) is 6. The molecule has 0 bridgehead atoms. The van der Waals surface area contributed by atoms with Gasteiger partial charge in [0.2, 0.25) is 0 Å². The van der Waals surface area contributed by atoms with Gasteiger partial charge in [-0.3, -0.25) is 9.59 Å². The maximum atomic E-state index is 12.9. The van der Waals surface area contributed by atoms with Crippen LogP contribution >= 0.6 is 0 Å². The standard InChI is InChI=1S/C23H26N2O5/c1-24(2)17-9-5-15(6-10-17)20-19(22(28)23(29)25(20)13-4-14-26)21(27)16-7-11-18(30-3)12-8-16/h5-12,20,26-27H,4,13-14H2,1-3H3/t20-/m1/s1. The van der Waals surface area contributed by atoms with Crippen molar-refractivity contribution in [1.82, 2.24) is 4.90 Å². The minimum atomic E-state index is -0.733. The van der Waals surface area contributed by atoms with Gasteiger partial charge in [-0.05, 0) is 48.4 Å². The van der Waals surface area contributed by atoms with E-state index >= 15 is 0 Å².